The fraction of sp³-hybridized carbons (Fsp3) is 0.667. The van der Waals surface area contributed by atoms with Crippen molar-refractivity contribution in [2.75, 3.05) is 0 Å². The zero-order valence-electron chi connectivity index (χ0n) is 17.1. The van der Waals surface area contributed by atoms with Crippen LogP contribution in [-0.4, -0.2) is 0 Å². The van der Waals surface area contributed by atoms with Crippen LogP contribution < -0.4 is 0 Å². The first kappa shape index (κ1) is 21.1. The molecule has 0 bridgehead atoms. The van der Waals surface area contributed by atoms with Crippen LogP contribution in [0.15, 0.2) is 41.0 Å². The molecule has 0 radical (unpaired) electrons. The second kappa shape index (κ2) is 11.5. The van der Waals surface area contributed by atoms with Gasteiger partial charge >= 0.3 is 169 Å². The first-order chi connectivity index (χ1) is 12.2. The van der Waals surface area contributed by atoms with E-state index >= 15 is 0 Å². The Bertz CT molecular complexity index is 507. The first-order valence-electron chi connectivity index (χ1n) is 10.7. The fourth-order valence-electron chi connectivity index (χ4n) is 3.95. The quantitative estimate of drug-likeness (QED) is 0.280. The molecule has 0 fully saturated rings. The Kier molecular flexibility index (Phi) is 9.76. The Morgan fingerprint density at radius 2 is 1.12 bits per heavy atom. The van der Waals surface area contributed by atoms with Crippen molar-refractivity contribution in [2.45, 2.75) is 105 Å². The zero-order valence-corrected chi connectivity index (χ0v) is 19.6. The molecule has 0 aliphatic heterocycles. The van der Waals surface area contributed by atoms with Gasteiger partial charge in [0.15, 0.2) is 0 Å². The van der Waals surface area contributed by atoms with Crippen LogP contribution in [0.25, 0.3) is 0 Å². The second-order valence-corrected chi connectivity index (χ2v) is 11.0. The average Bonchev–Trinajstić information content (AvgIpc) is 3.13. The van der Waals surface area contributed by atoms with Crippen molar-refractivity contribution in [3.05, 3.63) is 41.0 Å². The summed E-state index contributed by atoms with van der Waals surface area (Å²) in [6.45, 7) is 9.42. The van der Waals surface area contributed by atoms with Crippen LogP contribution in [0.3, 0.4) is 0 Å². The van der Waals surface area contributed by atoms with Crippen molar-refractivity contribution in [3.8, 4) is 0 Å². The summed E-state index contributed by atoms with van der Waals surface area (Å²) in [7, 11) is 0. The number of allylic oxidation sites excluding steroid dienone is 8. The van der Waals surface area contributed by atoms with Crippen molar-refractivity contribution in [3.63, 3.8) is 0 Å². The molecular weight excluding hydrogens is 379 g/mol. The van der Waals surface area contributed by atoms with Crippen molar-refractivity contribution in [1.29, 1.82) is 0 Å². The van der Waals surface area contributed by atoms with E-state index in [0.29, 0.717) is 0 Å². The standard InChI is InChI=1S/2C12H19.Zr/c2*1-3-4-5-6-7-12-9-8-11(2)10-12;/h2*9H,3-8H2,1-2H3;. The number of hydrogen-bond donors (Lipinski definition) is 0. The van der Waals surface area contributed by atoms with Crippen LogP contribution in [0.4, 0.5) is 0 Å². The average molecular weight is 418 g/mol. The summed E-state index contributed by atoms with van der Waals surface area (Å²) in [5.41, 5.74) is 6.90. The van der Waals surface area contributed by atoms with Gasteiger partial charge in [-0.3, -0.25) is 0 Å². The molecule has 0 aromatic rings. The van der Waals surface area contributed by atoms with Crippen molar-refractivity contribution < 1.29 is 23.2 Å². The molecule has 0 amide bonds. The molecule has 0 N–H and O–H groups in total. The first-order valence-corrected chi connectivity index (χ1v) is 13.2. The summed E-state index contributed by atoms with van der Waals surface area (Å²) < 4.78 is 3.71. The van der Waals surface area contributed by atoms with E-state index in [1.807, 2.05) is 6.56 Å². The van der Waals surface area contributed by atoms with Crippen LogP contribution in [0.1, 0.15) is 105 Å². The van der Waals surface area contributed by atoms with Gasteiger partial charge in [0.05, 0.1) is 0 Å². The SMILES string of the molecule is CCCCCCC1=CCC(C)=[C]1[Zr][C]1=C(C)CC=C1CCCCCC. The molecule has 2 aliphatic rings. The molecule has 0 spiro atoms. The molecule has 0 nitrogen and oxygen atoms in total. The van der Waals surface area contributed by atoms with Gasteiger partial charge in [0, 0.05) is 0 Å². The van der Waals surface area contributed by atoms with Crippen LogP contribution in [0.5, 0.6) is 0 Å². The van der Waals surface area contributed by atoms with Crippen molar-refractivity contribution in [2.24, 2.45) is 0 Å². The molecule has 2 aliphatic carbocycles. The van der Waals surface area contributed by atoms with E-state index in [0.717, 1.165) is 0 Å². The fourth-order valence-corrected chi connectivity index (χ4v) is 8.02. The van der Waals surface area contributed by atoms with Gasteiger partial charge in [0.25, 0.3) is 0 Å². The van der Waals surface area contributed by atoms with Crippen LogP contribution in [-0.2, 0) is 23.2 Å². The van der Waals surface area contributed by atoms with E-state index in [9.17, 15) is 0 Å². The van der Waals surface area contributed by atoms with Gasteiger partial charge in [0.2, 0.25) is 0 Å². The molecule has 25 heavy (non-hydrogen) atoms. The molecule has 1 heteroatoms. The van der Waals surface area contributed by atoms with E-state index in [1.165, 1.54) is 77.0 Å². The van der Waals surface area contributed by atoms with E-state index in [2.05, 4.69) is 39.8 Å². The molecular formula is C24H38Zr. The predicted molar refractivity (Wildman–Crippen MR) is 108 cm³/mol. The third-order valence-corrected chi connectivity index (χ3v) is 10.6. The molecule has 0 heterocycles. The monoisotopic (exact) mass is 416 g/mol. The third-order valence-electron chi connectivity index (χ3n) is 5.65. The van der Waals surface area contributed by atoms with Crippen LogP contribution in [0.2, 0.25) is 0 Å². The Balaban J connectivity index is 1.93. The van der Waals surface area contributed by atoms with E-state index < -0.39 is 23.2 Å². The minimum atomic E-state index is -0.615. The summed E-state index contributed by atoms with van der Waals surface area (Å²) in [5, 5.41) is 0. The van der Waals surface area contributed by atoms with Crippen LogP contribution >= 0.6 is 0 Å². The topological polar surface area (TPSA) is 0 Å². The summed E-state index contributed by atoms with van der Waals surface area (Å²) in [6.07, 6.45) is 21.4. The summed E-state index contributed by atoms with van der Waals surface area (Å²) in [6, 6.07) is 0. The number of hydrogen-bond acceptors (Lipinski definition) is 0. The van der Waals surface area contributed by atoms with Gasteiger partial charge in [-0.1, -0.05) is 0 Å². The Morgan fingerprint density at radius 3 is 1.52 bits per heavy atom. The van der Waals surface area contributed by atoms with Crippen LogP contribution in [0, 0.1) is 0 Å². The molecule has 0 unspecified atom stereocenters. The molecule has 0 saturated carbocycles. The molecule has 0 aromatic carbocycles. The Hall–Kier alpha value is -0.157. The molecule has 0 saturated heterocycles. The molecule has 0 atom stereocenters. The minimum absolute atomic E-state index is 0.615. The normalized spacial score (nSPS) is 17.4. The maximum atomic E-state index is 2.56. The van der Waals surface area contributed by atoms with Gasteiger partial charge in [-0.15, -0.1) is 0 Å². The van der Waals surface area contributed by atoms with Crippen molar-refractivity contribution >= 4 is 0 Å². The summed E-state index contributed by atoms with van der Waals surface area (Å²) in [4.78, 5) is 0. The molecule has 2 rings (SSSR count). The Labute approximate surface area is 168 Å². The summed E-state index contributed by atoms with van der Waals surface area (Å²) >= 11 is -0.615. The number of rotatable bonds is 12. The maximum absolute atomic E-state index is 2.56. The van der Waals surface area contributed by atoms with E-state index in [-0.39, 0.29) is 0 Å². The van der Waals surface area contributed by atoms with E-state index in [4.69, 9.17) is 0 Å². The third kappa shape index (κ3) is 6.50. The van der Waals surface area contributed by atoms with Gasteiger partial charge in [-0.05, 0) is 0 Å². The van der Waals surface area contributed by atoms with Gasteiger partial charge in [0.1, 0.15) is 0 Å². The molecule has 138 valence electrons. The van der Waals surface area contributed by atoms with Gasteiger partial charge in [-0.2, -0.15) is 0 Å². The van der Waals surface area contributed by atoms with Crippen molar-refractivity contribution in [1.82, 2.24) is 0 Å². The molecule has 0 aromatic heterocycles. The Morgan fingerprint density at radius 1 is 0.680 bits per heavy atom. The van der Waals surface area contributed by atoms with Gasteiger partial charge < -0.3 is 0 Å². The zero-order chi connectivity index (χ0) is 18.1. The van der Waals surface area contributed by atoms with Gasteiger partial charge in [-0.25, -0.2) is 0 Å². The predicted octanol–water partition coefficient (Wildman–Crippen LogP) is 8.22. The summed E-state index contributed by atoms with van der Waals surface area (Å²) in [5.74, 6) is 0. The number of unbranched alkanes of at least 4 members (excludes halogenated alkanes) is 6. The second-order valence-electron chi connectivity index (χ2n) is 7.92. The van der Waals surface area contributed by atoms with E-state index in [1.54, 1.807) is 22.3 Å².